The lowest BCUT2D eigenvalue weighted by Gasteiger charge is -2.27. The summed E-state index contributed by atoms with van der Waals surface area (Å²) in [6.07, 6.45) is 1.80. The summed E-state index contributed by atoms with van der Waals surface area (Å²) in [5.74, 6) is 0.109. The Labute approximate surface area is 111 Å². The third-order valence-corrected chi connectivity index (χ3v) is 3.36. The molecule has 0 spiro atoms. The smallest absolute Gasteiger partial charge is 0.240 e. The van der Waals surface area contributed by atoms with Gasteiger partial charge in [0.2, 0.25) is 5.91 Å². The van der Waals surface area contributed by atoms with Gasteiger partial charge in [0.05, 0.1) is 23.9 Å². The summed E-state index contributed by atoms with van der Waals surface area (Å²) in [5, 5.41) is 7.21. The molecule has 1 amide bonds. The zero-order valence-corrected chi connectivity index (χ0v) is 10.8. The highest BCUT2D eigenvalue weighted by Crippen LogP contribution is 2.23. The second-order valence-corrected chi connectivity index (χ2v) is 4.57. The van der Waals surface area contributed by atoms with Gasteiger partial charge in [-0.05, 0) is 18.2 Å². The number of nitrogens with one attached hydrogen (secondary N) is 2. The molecule has 1 aliphatic heterocycles. The van der Waals surface area contributed by atoms with E-state index < -0.39 is 0 Å². The van der Waals surface area contributed by atoms with Gasteiger partial charge in [-0.25, -0.2) is 0 Å². The van der Waals surface area contributed by atoms with Crippen LogP contribution in [0.2, 0.25) is 0 Å². The number of pyridine rings is 1. The van der Waals surface area contributed by atoms with E-state index in [9.17, 15) is 4.79 Å². The molecule has 5 nitrogen and oxygen atoms in total. The molecule has 2 N–H and O–H groups in total. The normalized spacial score (nSPS) is 15.8. The largest absolute Gasteiger partial charge is 0.387 e. The van der Waals surface area contributed by atoms with Crippen molar-refractivity contribution in [3.63, 3.8) is 0 Å². The van der Waals surface area contributed by atoms with Crippen molar-refractivity contribution in [1.29, 1.82) is 0 Å². The monoisotopic (exact) mass is 256 g/mol. The molecule has 0 aliphatic carbocycles. The van der Waals surface area contributed by atoms with Gasteiger partial charge in [0.25, 0.3) is 0 Å². The van der Waals surface area contributed by atoms with E-state index in [-0.39, 0.29) is 5.91 Å². The van der Waals surface area contributed by atoms with Crippen molar-refractivity contribution < 1.29 is 4.79 Å². The fraction of sp³-hybridized carbons (Fsp3) is 0.286. The molecule has 1 saturated heterocycles. The fourth-order valence-corrected chi connectivity index (χ4v) is 2.29. The average Bonchev–Trinajstić information content (AvgIpc) is 2.46. The van der Waals surface area contributed by atoms with Crippen LogP contribution < -0.4 is 15.5 Å². The van der Waals surface area contributed by atoms with Crippen LogP contribution in [0, 0.1) is 0 Å². The van der Waals surface area contributed by atoms with Gasteiger partial charge in [0, 0.05) is 31.2 Å². The van der Waals surface area contributed by atoms with Crippen LogP contribution in [0.3, 0.4) is 0 Å². The third kappa shape index (κ3) is 2.24. The highest BCUT2D eigenvalue weighted by atomic mass is 16.2. The van der Waals surface area contributed by atoms with E-state index in [1.165, 1.54) is 0 Å². The van der Waals surface area contributed by atoms with E-state index >= 15 is 0 Å². The molecule has 0 radical (unpaired) electrons. The Hall–Kier alpha value is -2.14. The minimum absolute atomic E-state index is 0.109. The van der Waals surface area contributed by atoms with Crippen LogP contribution in [0.4, 0.5) is 11.4 Å². The third-order valence-electron chi connectivity index (χ3n) is 3.36. The van der Waals surface area contributed by atoms with Crippen LogP contribution >= 0.6 is 0 Å². The van der Waals surface area contributed by atoms with E-state index in [1.807, 2.05) is 36.2 Å². The molecular weight excluding hydrogens is 240 g/mol. The molecule has 1 aromatic heterocycles. The number of amides is 1. The second kappa shape index (κ2) is 4.85. The van der Waals surface area contributed by atoms with Crippen molar-refractivity contribution in [1.82, 2.24) is 10.3 Å². The number of carbonyl (C=O) groups is 1. The molecule has 0 unspecified atom stereocenters. The lowest BCUT2D eigenvalue weighted by molar-refractivity contribution is -0.118. The molecule has 5 heteroatoms. The summed E-state index contributed by atoms with van der Waals surface area (Å²) in [7, 11) is 1.87. The first-order chi connectivity index (χ1) is 9.28. The molecule has 3 rings (SSSR count). The first-order valence-corrected chi connectivity index (χ1v) is 6.36. The van der Waals surface area contributed by atoms with Crippen LogP contribution in [0.5, 0.6) is 0 Å². The van der Waals surface area contributed by atoms with Gasteiger partial charge >= 0.3 is 0 Å². The zero-order chi connectivity index (χ0) is 13.2. The predicted molar refractivity (Wildman–Crippen MR) is 76.5 cm³/mol. The molecule has 2 heterocycles. The van der Waals surface area contributed by atoms with Crippen molar-refractivity contribution >= 4 is 28.2 Å². The average molecular weight is 256 g/mol. The SMILES string of the molecule is CNc1cnc2cc(N3CCNCC3=O)ccc2c1. The minimum atomic E-state index is 0.109. The summed E-state index contributed by atoms with van der Waals surface area (Å²) in [6, 6.07) is 8.00. The quantitative estimate of drug-likeness (QED) is 0.848. The maximum absolute atomic E-state index is 11.9. The number of hydrogen-bond donors (Lipinski definition) is 2. The molecule has 19 heavy (non-hydrogen) atoms. The van der Waals surface area contributed by atoms with Gasteiger partial charge < -0.3 is 15.5 Å². The van der Waals surface area contributed by atoms with Crippen LogP contribution in [-0.2, 0) is 4.79 Å². The Morgan fingerprint density at radius 1 is 1.37 bits per heavy atom. The number of nitrogens with zero attached hydrogens (tertiary/aromatic N) is 2. The molecule has 0 bridgehead atoms. The lowest BCUT2D eigenvalue weighted by Crippen LogP contribution is -2.48. The Bertz CT molecular complexity index is 626. The Morgan fingerprint density at radius 3 is 3.05 bits per heavy atom. The number of aromatic nitrogens is 1. The van der Waals surface area contributed by atoms with Crippen LogP contribution in [-0.4, -0.2) is 37.6 Å². The Kier molecular flexibility index (Phi) is 3.05. The van der Waals surface area contributed by atoms with E-state index in [0.717, 1.165) is 28.8 Å². The molecule has 98 valence electrons. The number of benzene rings is 1. The summed E-state index contributed by atoms with van der Waals surface area (Å²) in [5.41, 5.74) is 2.81. The number of anilines is 2. The van der Waals surface area contributed by atoms with Crippen molar-refractivity contribution in [2.45, 2.75) is 0 Å². The van der Waals surface area contributed by atoms with Gasteiger partial charge in [-0.3, -0.25) is 9.78 Å². The Balaban J connectivity index is 1.99. The summed E-state index contributed by atoms with van der Waals surface area (Å²) in [4.78, 5) is 18.1. The van der Waals surface area contributed by atoms with Gasteiger partial charge in [-0.2, -0.15) is 0 Å². The van der Waals surface area contributed by atoms with E-state index in [2.05, 4.69) is 15.6 Å². The summed E-state index contributed by atoms with van der Waals surface area (Å²) >= 11 is 0. The second-order valence-electron chi connectivity index (χ2n) is 4.57. The highest BCUT2D eigenvalue weighted by Gasteiger charge is 2.19. The molecule has 0 saturated carbocycles. The van der Waals surface area contributed by atoms with Crippen molar-refractivity contribution in [3.05, 3.63) is 30.5 Å². The molecular formula is C14H16N4O. The maximum atomic E-state index is 11.9. The van der Waals surface area contributed by atoms with E-state index in [4.69, 9.17) is 0 Å². The van der Waals surface area contributed by atoms with E-state index in [1.54, 1.807) is 6.20 Å². The first-order valence-electron chi connectivity index (χ1n) is 6.36. The fourth-order valence-electron chi connectivity index (χ4n) is 2.29. The highest BCUT2D eigenvalue weighted by molar-refractivity contribution is 5.97. The van der Waals surface area contributed by atoms with Crippen molar-refractivity contribution in [3.8, 4) is 0 Å². The zero-order valence-electron chi connectivity index (χ0n) is 10.8. The van der Waals surface area contributed by atoms with Crippen molar-refractivity contribution in [2.75, 3.05) is 36.9 Å². The van der Waals surface area contributed by atoms with Gasteiger partial charge in [-0.1, -0.05) is 6.07 Å². The summed E-state index contributed by atoms with van der Waals surface area (Å²) in [6.45, 7) is 1.94. The number of hydrogen-bond acceptors (Lipinski definition) is 4. The lowest BCUT2D eigenvalue weighted by atomic mass is 10.1. The number of fused-ring (bicyclic) bond motifs is 1. The molecule has 1 fully saturated rings. The first kappa shape index (κ1) is 11.9. The van der Waals surface area contributed by atoms with E-state index in [0.29, 0.717) is 13.1 Å². The topological polar surface area (TPSA) is 57.3 Å². The summed E-state index contributed by atoms with van der Waals surface area (Å²) < 4.78 is 0. The van der Waals surface area contributed by atoms with Crippen LogP contribution in [0.15, 0.2) is 30.5 Å². The van der Waals surface area contributed by atoms with Crippen LogP contribution in [0.25, 0.3) is 10.9 Å². The van der Waals surface area contributed by atoms with Gasteiger partial charge in [0.15, 0.2) is 0 Å². The Morgan fingerprint density at radius 2 is 2.26 bits per heavy atom. The molecule has 2 aromatic rings. The van der Waals surface area contributed by atoms with Gasteiger partial charge in [-0.15, -0.1) is 0 Å². The molecule has 1 aromatic carbocycles. The molecule has 0 atom stereocenters. The number of carbonyl (C=O) groups excluding carboxylic acids is 1. The predicted octanol–water partition coefficient (Wildman–Crippen LogP) is 1.21. The maximum Gasteiger partial charge on any atom is 0.240 e. The number of rotatable bonds is 2. The minimum Gasteiger partial charge on any atom is -0.387 e. The van der Waals surface area contributed by atoms with Crippen LogP contribution in [0.1, 0.15) is 0 Å². The number of piperazine rings is 1. The standard InChI is InChI=1S/C14H16N4O/c1-15-11-6-10-2-3-12(7-13(10)17-8-11)18-5-4-16-9-14(18)19/h2-3,6-8,15-16H,4-5,9H2,1H3. The van der Waals surface area contributed by atoms with Crippen molar-refractivity contribution in [2.24, 2.45) is 0 Å². The van der Waals surface area contributed by atoms with Gasteiger partial charge in [0.1, 0.15) is 0 Å². The molecule has 1 aliphatic rings.